The van der Waals surface area contributed by atoms with Crippen LogP contribution in [-0.4, -0.2) is 31.4 Å². The van der Waals surface area contributed by atoms with Crippen LogP contribution in [0.1, 0.15) is 24.1 Å². The van der Waals surface area contributed by atoms with E-state index in [4.69, 9.17) is 4.74 Å². The number of pyridine rings is 1. The molecule has 1 aliphatic heterocycles. The smallest absolute Gasteiger partial charge is 0.317 e. The molecule has 3 heterocycles. The summed E-state index contributed by atoms with van der Waals surface area (Å²) in [6, 6.07) is 13.0. The van der Waals surface area contributed by atoms with Crippen LogP contribution >= 0.6 is 0 Å². The Labute approximate surface area is 150 Å². The van der Waals surface area contributed by atoms with Gasteiger partial charge in [-0.2, -0.15) is 10.1 Å². The minimum Gasteiger partial charge on any atom is -0.460 e. The number of carbonyl (C=O) groups excluding carboxylic acids is 1. The topological polar surface area (TPSA) is 82.3 Å². The highest BCUT2D eigenvalue weighted by Gasteiger charge is 2.39. The lowest BCUT2D eigenvalue weighted by Crippen LogP contribution is -2.37. The first kappa shape index (κ1) is 16.1. The van der Waals surface area contributed by atoms with Crippen LogP contribution in [0.25, 0.3) is 0 Å². The first-order valence-corrected chi connectivity index (χ1v) is 8.29. The van der Waals surface area contributed by atoms with Gasteiger partial charge in [-0.3, -0.25) is 9.78 Å². The molecule has 3 aromatic rings. The van der Waals surface area contributed by atoms with Crippen LogP contribution in [0, 0.1) is 5.92 Å². The highest BCUT2D eigenvalue weighted by atomic mass is 16.5. The quantitative estimate of drug-likeness (QED) is 0.678. The maximum Gasteiger partial charge on any atom is 0.317 e. The minimum atomic E-state index is -0.586. The van der Waals surface area contributed by atoms with E-state index < -0.39 is 5.92 Å². The van der Waals surface area contributed by atoms with E-state index in [1.165, 1.54) is 6.33 Å². The molecule has 0 saturated heterocycles. The predicted molar refractivity (Wildman–Crippen MR) is 94.9 cm³/mol. The average Bonchev–Trinajstić information content (AvgIpc) is 3.14. The van der Waals surface area contributed by atoms with Crippen molar-refractivity contribution in [1.29, 1.82) is 0 Å². The van der Waals surface area contributed by atoms with Crippen molar-refractivity contribution in [1.82, 2.24) is 19.7 Å². The molecule has 1 aromatic carbocycles. The molecule has 0 spiro atoms. The summed E-state index contributed by atoms with van der Waals surface area (Å²) in [7, 11) is 0. The van der Waals surface area contributed by atoms with Crippen molar-refractivity contribution < 1.29 is 9.53 Å². The van der Waals surface area contributed by atoms with Gasteiger partial charge in [0.25, 0.3) is 0 Å². The summed E-state index contributed by atoms with van der Waals surface area (Å²) in [5, 5.41) is 4.26. The number of fused-ring (bicyclic) bond motifs is 1. The molecular formula is C19H17N5O2. The highest BCUT2D eigenvalue weighted by molar-refractivity contribution is 6.03. The monoisotopic (exact) mass is 347 g/mol. The summed E-state index contributed by atoms with van der Waals surface area (Å²) >= 11 is 0. The summed E-state index contributed by atoms with van der Waals surface area (Å²) < 4.78 is 7.23. The Kier molecular flexibility index (Phi) is 4.27. The number of carbonyl (C=O) groups is 1. The van der Waals surface area contributed by atoms with Crippen molar-refractivity contribution in [2.75, 3.05) is 0 Å². The Balaban J connectivity index is 1.65. The maximum atomic E-state index is 12.9. The predicted octanol–water partition coefficient (Wildman–Crippen LogP) is 2.73. The normalized spacial score (nSPS) is 18.7. The van der Waals surface area contributed by atoms with Crippen molar-refractivity contribution in [3.05, 3.63) is 72.3 Å². The molecule has 7 heteroatoms. The molecule has 0 fully saturated rings. The fourth-order valence-corrected chi connectivity index (χ4v) is 3.12. The first-order chi connectivity index (χ1) is 12.7. The van der Waals surface area contributed by atoms with Gasteiger partial charge in [0.2, 0.25) is 5.95 Å². The van der Waals surface area contributed by atoms with Crippen LogP contribution in [0.4, 0.5) is 5.95 Å². The van der Waals surface area contributed by atoms with Gasteiger partial charge in [0, 0.05) is 18.1 Å². The van der Waals surface area contributed by atoms with Crippen LogP contribution in [0.15, 0.2) is 66.2 Å². The molecule has 1 aliphatic rings. The molecule has 130 valence electrons. The number of hydrogen-bond donors (Lipinski definition) is 0. The van der Waals surface area contributed by atoms with Gasteiger partial charge in [0.15, 0.2) is 0 Å². The molecule has 26 heavy (non-hydrogen) atoms. The summed E-state index contributed by atoms with van der Waals surface area (Å²) in [6.07, 6.45) is 4.86. The number of nitrogens with zero attached hydrogens (tertiary/aromatic N) is 5. The molecule has 2 aromatic heterocycles. The highest BCUT2D eigenvalue weighted by Crippen LogP contribution is 2.35. The van der Waals surface area contributed by atoms with Crippen LogP contribution in [0.2, 0.25) is 0 Å². The van der Waals surface area contributed by atoms with Gasteiger partial charge >= 0.3 is 5.97 Å². The van der Waals surface area contributed by atoms with Gasteiger partial charge < -0.3 is 4.74 Å². The molecule has 0 bridgehead atoms. The van der Waals surface area contributed by atoms with E-state index in [1.54, 1.807) is 17.1 Å². The minimum absolute atomic E-state index is 0.216. The van der Waals surface area contributed by atoms with Gasteiger partial charge in [-0.1, -0.05) is 36.4 Å². The SMILES string of the molecule is CC1=Nc2ncnn2C(c2cccnc2)C1C(=O)OCc1ccccc1. The summed E-state index contributed by atoms with van der Waals surface area (Å²) in [6.45, 7) is 2.03. The van der Waals surface area contributed by atoms with Crippen LogP contribution in [0.5, 0.6) is 0 Å². The molecule has 0 aliphatic carbocycles. The fourth-order valence-electron chi connectivity index (χ4n) is 3.12. The number of aliphatic imine (C=N–C) groups is 1. The fraction of sp³-hybridized carbons (Fsp3) is 0.211. The van der Waals surface area contributed by atoms with E-state index in [-0.39, 0.29) is 18.6 Å². The third-order valence-corrected chi connectivity index (χ3v) is 4.36. The Morgan fingerprint density at radius 3 is 2.81 bits per heavy atom. The molecule has 2 unspecified atom stereocenters. The lowest BCUT2D eigenvalue weighted by Gasteiger charge is -2.29. The summed E-state index contributed by atoms with van der Waals surface area (Å²) in [5.41, 5.74) is 2.44. The summed E-state index contributed by atoms with van der Waals surface area (Å²) in [5.74, 6) is -0.453. The zero-order valence-corrected chi connectivity index (χ0v) is 14.2. The molecule has 2 atom stereocenters. The molecular weight excluding hydrogens is 330 g/mol. The van der Waals surface area contributed by atoms with Gasteiger partial charge in [-0.25, -0.2) is 9.67 Å². The Morgan fingerprint density at radius 1 is 1.19 bits per heavy atom. The number of benzene rings is 1. The third-order valence-electron chi connectivity index (χ3n) is 4.36. The Bertz CT molecular complexity index is 937. The molecule has 0 amide bonds. The Hall–Kier alpha value is -3.35. The maximum absolute atomic E-state index is 12.9. The largest absolute Gasteiger partial charge is 0.460 e. The average molecular weight is 347 g/mol. The second-order valence-electron chi connectivity index (χ2n) is 6.06. The van der Waals surface area contributed by atoms with Crippen molar-refractivity contribution in [3.8, 4) is 0 Å². The molecule has 0 saturated carbocycles. The van der Waals surface area contributed by atoms with E-state index in [1.807, 2.05) is 49.4 Å². The number of hydrogen-bond acceptors (Lipinski definition) is 6. The van der Waals surface area contributed by atoms with Gasteiger partial charge in [-0.05, 0) is 24.1 Å². The van der Waals surface area contributed by atoms with Crippen LogP contribution in [0.3, 0.4) is 0 Å². The van der Waals surface area contributed by atoms with Crippen molar-refractivity contribution in [2.45, 2.75) is 19.6 Å². The van der Waals surface area contributed by atoms with E-state index in [0.29, 0.717) is 11.7 Å². The lowest BCUT2D eigenvalue weighted by atomic mass is 9.89. The van der Waals surface area contributed by atoms with Crippen molar-refractivity contribution >= 4 is 17.6 Å². The second-order valence-corrected chi connectivity index (χ2v) is 6.06. The molecule has 4 rings (SSSR count). The van der Waals surface area contributed by atoms with Crippen molar-refractivity contribution in [3.63, 3.8) is 0 Å². The molecule has 7 nitrogen and oxygen atoms in total. The lowest BCUT2D eigenvalue weighted by molar-refractivity contribution is -0.148. The third kappa shape index (κ3) is 2.99. The van der Waals surface area contributed by atoms with E-state index in [0.717, 1.165) is 11.1 Å². The van der Waals surface area contributed by atoms with E-state index in [9.17, 15) is 4.79 Å². The van der Waals surface area contributed by atoms with Gasteiger partial charge in [0.1, 0.15) is 24.9 Å². The standard InChI is InChI=1S/C19H17N5O2/c1-13-16(18(25)26-11-14-6-3-2-4-7-14)17(15-8-5-9-20-10-15)24-19(23-13)21-12-22-24/h2-10,12,16-17H,11H2,1H3. The zero-order valence-electron chi connectivity index (χ0n) is 14.2. The van der Waals surface area contributed by atoms with Crippen LogP contribution < -0.4 is 0 Å². The Morgan fingerprint density at radius 2 is 2.04 bits per heavy atom. The number of esters is 1. The van der Waals surface area contributed by atoms with E-state index >= 15 is 0 Å². The first-order valence-electron chi connectivity index (χ1n) is 8.29. The number of ether oxygens (including phenoxy) is 1. The second kappa shape index (κ2) is 6.87. The van der Waals surface area contributed by atoms with Crippen molar-refractivity contribution in [2.24, 2.45) is 10.9 Å². The number of rotatable bonds is 4. The van der Waals surface area contributed by atoms with E-state index in [2.05, 4.69) is 20.1 Å². The zero-order chi connectivity index (χ0) is 17.9. The summed E-state index contributed by atoms with van der Waals surface area (Å²) in [4.78, 5) is 25.7. The molecule has 0 radical (unpaired) electrons. The number of aromatic nitrogens is 4. The van der Waals surface area contributed by atoms with Gasteiger partial charge in [-0.15, -0.1) is 0 Å². The molecule has 0 N–H and O–H groups in total. The van der Waals surface area contributed by atoms with Gasteiger partial charge in [0.05, 0.1) is 0 Å². The van der Waals surface area contributed by atoms with Crippen LogP contribution in [-0.2, 0) is 16.1 Å².